The van der Waals surface area contributed by atoms with E-state index in [0.29, 0.717) is 6.42 Å². The molecule has 0 amide bonds. The van der Waals surface area contributed by atoms with Gasteiger partial charge in [0.05, 0.1) is 11.1 Å². The van der Waals surface area contributed by atoms with Crippen LogP contribution in [-0.2, 0) is 14.5 Å². The number of aromatic carboxylic acids is 1. The molecule has 0 aliphatic rings. The Bertz CT molecular complexity index is 648. The van der Waals surface area contributed by atoms with Crippen LogP contribution in [-0.4, -0.2) is 31.7 Å². The molecule has 1 aromatic rings. The first kappa shape index (κ1) is 17.8. The lowest BCUT2D eigenvalue weighted by Gasteiger charge is -2.02. The Morgan fingerprint density at radius 1 is 1.18 bits per heavy atom. The van der Waals surface area contributed by atoms with Crippen molar-refractivity contribution in [1.29, 1.82) is 0 Å². The van der Waals surface area contributed by atoms with Crippen molar-refractivity contribution in [2.45, 2.75) is 32.6 Å². The number of benzene rings is 1. The van der Waals surface area contributed by atoms with E-state index in [9.17, 15) is 18.0 Å². The van der Waals surface area contributed by atoms with Crippen molar-refractivity contribution < 1.29 is 27.3 Å². The standard InChI is InChI=1S/C14H17NO6S/c1-2-3-4-5-10-15-22(19,20)21-14(18)12-8-6-11(7-9-12)13(16)17/h6-10H,2-5H2,1H3,(H,16,17). The van der Waals surface area contributed by atoms with E-state index in [2.05, 4.69) is 8.58 Å². The van der Waals surface area contributed by atoms with Crippen molar-refractivity contribution >= 4 is 28.5 Å². The fourth-order valence-electron chi connectivity index (χ4n) is 1.54. The highest BCUT2D eigenvalue weighted by atomic mass is 32.2. The molecule has 0 fully saturated rings. The van der Waals surface area contributed by atoms with Crippen LogP contribution in [0.25, 0.3) is 0 Å². The third-order valence-electron chi connectivity index (χ3n) is 2.69. The van der Waals surface area contributed by atoms with Crippen molar-refractivity contribution in [3.8, 4) is 0 Å². The average molecular weight is 327 g/mol. The van der Waals surface area contributed by atoms with Crippen LogP contribution >= 0.6 is 0 Å². The number of rotatable bonds is 8. The number of carboxylic acids is 1. The largest absolute Gasteiger partial charge is 0.478 e. The van der Waals surface area contributed by atoms with Gasteiger partial charge in [0.15, 0.2) is 0 Å². The van der Waals surface area contributed by atoms with E-state index < -0.39 is 22.2 Å². The minimum Gasteiger partial charge on any atom is -0.478 e. The molecular weight excluding hydrogens is 310 g/mol. The van der Waals surface area contributed by atoms with Gasteiger partial charge in [-0.3, -0.25) is 0 Å². The number of carbonyl (C=O) groups is 2. The summed E-state index contributed by atoms with van der Waals surface area (Å²) >= 11 is 0. The molecule has 1 aromatic carbocycles. The van der Waals surface area contributed by atoms with E-state index in [-0.39, 0.29) is 11.1 Å². The molecule has 0 unspecified atom stereocenters. The van der Waals surface area contributed by atoms with Crippen LogP contribution in [0.1, 0.15) is 53.3 Å². The van der Waals surface area contributed by atoms with E-state index in [4.69, 9.17) is 5.11 Å². The Morgan fingerprint density at radius 2 is 1.77 bits per heavy atom. The van der Waals surface area contributed by atoms with E-state index >= 15 is 0 Å². The normalized spacial score (nSPS) is 11.5. The van der Waals surface area contributed by atoms with Gasteiger partial charge in [0, 0.05) is 6.21 Å². The highest BCUT2D eigenvalue weighted by Gasteiger charge is 2.17. The van der Waals surface area contributed by atoms with Crippen molar-refractivity contribution in [2.75, 3.05) is 0 Å². The number of carboxylic acid groups (broad SMARTS) is 1. The van der Waals surface area contributed by atoms with Crippen molar-refractivity contribution in [3.05, 3.63) is 35.4 Å². The second kappa shape index (κ2) is 8.28. The number of nitrogens with zero attached hydrogens (tertiary/aromatic N) is 1. The fourth-order valence-corrected chi connectivity index (χ4v) is 2.16. The van der Waals surface area contributed by atoms with E-state index in [1.807, 2.05) is 6.92 Å². The summed E-state index contributed by atoms with van der Waals surface area (Å²) in [5, 5.41) is 8.73. The predicted octanol–water partition coefficient (Wildman–Crippen LogP) is 2.44. The topological polar surface area (TPSA) is 110 Å². The zero-order valence-electron chi connectivity index (χ0n) is 12.1. The quantitative estimate of drug-likeness (QED) is 0.580. The second-order valence-electron chi connectivity index (χ2n) is 4.46. The highest BCUT2D eigenvalue weighted by Crippen LogP contribution is 2.09. The van der Waals surface area contributed by atoms with Crippen LogP contribution in [0.3, 0.4) is 0 Å². The summed E-state index contributed by atoms with van der Waals surface area (Å²) in [6, 6.07) is 4.71. The Hall–Kier alpha value is -2.22. The predicted molar refractivity (Wildman–Crippen MR) is 80.4 cm³/mol. The molecule has 1 N–H and O–H groups in total. The molecule has 1 rings (SSSR count). The van der Waals surface area contributed by atoms with Gasteiger partial charge in [0.1, 0.15) is 0 Å². The summed E-state index contributed by atoms with van der Waals surface area (Å²) < 4.78 is 30.5. The van der Waals surface area contributed by atoms with E-state index in [1.54, 1.807) is 0 Å². The van der Waals surface area contributed by atoms with Crippen LogP contribution in [0.15, 0.2) is 28.7 Å². The molecule has 8 heteroatoms. The van der Waals surface area contributed by atoms with Crippen LogP contribution in [0.2, 0.25) is 0 Å². The SMILES string of the molecule is CCCCCC=NS(=O)(=O)OC(=O)c1ccc(C(=O)O)cc1. The Labute approximate surface area is 128 Å². The molecule has 0 saturated carbocycles. The van der Waals surface area contributed by atoms with Gasteiger partial charge in [-0.25, -0.2) is 9.59 Å². The van der Waals surface area contributed by atoms with Crippen molar-refractivity contribution in [1.82, 2.24) is 0 Å². The Balaban J connectivity index is 2.64. The van der Waals surface area contributed by atoms with E-state index in [0.717, 1.165) is 19.3 Å². The van der Waals surface area contributed by atoms with Crippen LogP contribution < -0.4 is 0 Å². The van der Waals surface area contributed by atoms with Gasteiger partial charge < -0.3 is 9.29 Å². The van der Waals surface area contributed by atoms with E-state index in [1.165, 1.54) is 30.5 Å². The molecular formula is C14H17NO6S. The van der Waals surface area contributed by atoms with Gasteiger partial charge in [0.25, 0.3) is 0 Å². The number of hydrogen-bond donors (Lipinski definition) is 1. The Kier molecular flexibility index (Phi) is 6.71. The number of unbranched alkanes of at least 4 members (excludes halogenated alkanes) is 3. The number of carbonyl (C=O) groups excluding carboxylic acids is 1. The lowest BCUT2D eigenvalue weighted by molar-refractivity contribution is 0.0692. The smallest absolute Gasteiger partial charge is 0.430 e. The van der Waals surface area contributed by atoms with Gasteiger partial charge in [-0.2, -0.15) is 8.42 Å². The molecule has 0 spiro atoms. The van der Waals surface area contributed by atoms with Gasteiger partial charge in [-0.15, -0.1) is 4.40 Å². The lowest BCUT2D eigenvalue weighted by atomic mass is 10.1. The zero-order chi connectivity index (χ0) is 16.6. The summed E-state index contributed by atoms with van der Waals surface area (Å²) in [6.45, 7) is 2.02. The highest BCUT2D eigenvalue weighted by molar-refractivity contribution is 7.85. The van der Waals surface area contributed by atoms with Gasteiger partial charge in [-0.1, -0.05) is 19.8 Å². The molecule has 0 bridgehead atoms. The fraction of sp³-hybridized carbons (Fsp3) is 0.357. The summed E-state index contributed by atoms with van der Waals surface area (Å²) in [4.78, 5) is 22.3. The first-order valence-corrected chi connectivity index (χ1v) is 8.08. The maximum Gasteiger partial charge on any atom is 0.430 e. The molecule has 120 valence electrons. The number of hydrogen-bond acceptors (Lipinski definition) is 5. The van der Waals surface area contributed by atoms with Gasteiger partial charge in [-0.05, 0) is 37.1 Å². The lowest BCUT2D eigenvalue weighted by Crippen LogP contribution is -2.11. The monoisotopic (exact) mass is 327 g/mol. The summed E-state index contributed by atoms with van der Waals surface area (Å²) in [5.41, 5.74) is -0.0943. The van der Waals surface area contributed by atoms with Crippen molar-refractivity contribution in [2.24, 2.45) is 4.40 Å². The third-order valence-corrected chi connectivity index (χ3v) is 3.46. The summed E-state index contributed by atoms with van der Waals surface area (Å²) in [7, 11) is -4.34. The molecule has 0 aromatic heterocycles. The zero-order valence-corrected chi connectivity index (χ0v) is 12.9. The first-order valence-electron chi connectivity index (χ1n) is 6.71. The maximum atomic E-state index is 11.7. The molecule has 0 aliphatic carbocycles. The van der Waals surface area contributed by atoms with Crippen LogP contribution in [0, 0.1) is 0 Å². The third kappa shape index (κ3) is 6.04. The molecule has 0 aliphatic heterocycles. The minimum atomic E-state index is -4.34. The molecule has 0 heterocycles. The summed E-state index contributed by atoms with van der Waals surface area (Å²) in [5.74, 6) is -2.26. The molecule has 0 saturated heterocycles. The Morgan fingerprint density at radius 3 is 2.32 bits per heavy atom. The van der Waals surface area contributed by atoms with Crippen molar-refractivity contribution in [3.63, 3.8) is 0 Å². The molecule has 0 atom stereocenters. The van der Waals surface area contributed by atoms with Gasteiger partial charge >= 0.3 is 22.2 Å². The molecule has 0 radical (unpaired) electrons. The maximum absolute atomic E-state index is 11.7. The molecule has 22 heavy (non-hydrogen) atoms. The molecule has 7 nitrogen and oxygen atoms in total. The van der Waals surface area contributed by atoms with Crippen LogP contribution in [0.4, 0.5) is 0 Å². The average Bonchev–Trinajstić information content (AvgIpc) is 2.46. The minimum absolute atomic E-state index is 0.0200. The second-order valence-corrected chi connectivity index (χ2v) is 5.70. The van der Waals surface area contributed by atoms with Crippen LogP contribution in [0.5, 0.6) is 0 Å². The first-order chi connectivity index (χ1) is 10.4. The summed E-state index contributed by atoms with van der Waals surface area (Å²) in [6.07, 6.45) is 4.45. The van der Waals surface area contributed by atoms with Gasteiger partial charge in [0.2, 0.25) is 0 Å².